The van der Waals surface area contributed by atoms with Crippen LogP contribution in [0.2, 0.25) is 0 Å². The van der Waals surface area contributed by atoms with Gasteiger partial charge in [0, 0.05) is 17.9 Å². The van der Waals surface area contributed by atoms with Crippen molar-refractivity contribution in [3.8, 4) is 0 Å². The van der Waals surface area contributed by atoms with Crippen molar-refractivity contribution in [2.24, 2.45) is 11.8 Å². The van der Waals surface area contributed by atoms with Crippen molar-refractivity contribution in [2.45, 2.75) is 45.8 Å². The molecule has 0 aliphatic carbocycles. The molecule has 1 amide bonds. The lowest BCUT2D eigenvalue weighted by molar-refractivity contribution is -0.124. The van der Waals surface area contributed by atoms with E-state index in [9.17, 15) is 4.79 Å². The summed E-state index contributed by atoms with van der Waals surface area (Å²) in [4.78, 5) is 15.0. The smallest absolute Gasteiger partial charge is 0.233 e. The molecule has 0 bridgehead atoms. The van der Waals surface area contributed by atoms with Gasteiger partial charge in [0.2, 0.25) is 5.91 Å². The molecule has 114 valence electrons. The highest BCUT2D eigenvalue weighted by atomic mass is 16.5. The summed E-state index contributed by atoms with van der Waals surface area (Å²) in [5.74, 6) is 0.372. The summed E-state index contributed by atoms with van der Waals surface area (Å²) in [5, 5.41) is 0. The Balaban J connectivity index is 1.92. The minimum absolute atomic E-state index is 0.0195. The van der Waals surface area contributed by atoms with Crippen molar-refractivity contribution < 1.29 is 9.53 Å². The molecule has 0 spiro atoms. The molecule has 3 rings (SSSR count). The SMILES string of the molecule is CC1OC(C)C(C(=O)N2CCCc3ccc(N)cc32)C1C. The van der Waals surface area contributed by atoms with Gasteiger partial charge in [-0.1, -0.05) is 13.0 Å². The molecule has 2 aliphatic heterocycles. The standard InChI is InChI=1S/C17H24N2O2/c1-10-11(2)21-12(3)16(10)17(20)19-8-4-5-13-6-7-14(18)9-15(13)19/h6-7,9-12,16H,4-5,8,18H2,1-3H3. The minimum Gasteiger partial charge on any atom is -0.399 e. The lowest BCUT2D eigenvalue weighted by atomic mass is 9.87. The maximum atomic E-state index is 13.0. The Labute approximate surface area is 126 Å². The fourth-order valence-electron chi connectivity index (χ4n) is 3.69. The van der Waals surface area contributed by atoms with E-state index >= 15 is 0 Å². The molecular weight excluding hydrogens is 264 g/mol. The highest BCUT2D eigenvalue weighted by molar-refractivity contribution is 5.97. The van der Waals surface area contributed by atoms with Crippen LogP contribution in [0.1, 0.15) is 32.8 Å². The number of nitrogen functional groups attached to an aromatic ring is 1. The third kappa shape index (κ3) is 2.42. The first-order valence-corrected chi connectivity index (χ1v) is 7.84. The van der Waals surface area contributed by atoms with E-state index in [1.807, 2.05) is 30.0 Å². The Kier molecular flexibility index (Phi) is 3.66. The maximum absolute atomic E-state index is 13.0. The topological polar surface area (TPSA) is 55.6 Å². The van der Waals surface area contributed by atoms with E-state index in [0.29, 0.717) is 5.69 Å². The molecule has 4 nitrogen and oxygen atoms in total. The molecule has 4 heteroatoms. The van der Waals surface area contributed by atoms with Crippen molar-refractivity contribution >= 4 is 17.3 Å². The number of carbonyl (C=O) groups excluding carboxylic acids is 1. The summed E-state index contributed by atoms with van der Waals surface area (Å²) in [5.41, 5.74) is 8.83. The number of aryl methyl sites for hydroxylation is 1. The Morgan fingerprint density at radius 3 is 2.71 bits per heavy atom. The summed E-state index contributed by atoms with van der Waals surface area (Å²) in [6, 6.07) is 5.89. The van der Waals surface area contributed by atoms with Gasteiger partial charge in [-0.2, -0.15) is 0 Å². The number of hydrogen-bond acceptors (Lipinski definition) is 3. The Morgan fingerprint density at radius 1 is 1.29 bits per heavy atom. The molecule has 2 N–H and O–H groups in total. The van der Waals surface area contributed by atoms with E-state index in [0.717, 1.165) is 25.1 Å². The lowest BCUT2D eigenvalue weighted by Gasteiger charge is -2.33. The van der Waals surface area contributed by atoms with E-state index in [4.69, 9.17) is 10.5 Å². The Morgan fingerprint density at radius 2 is 2.05 bits per heavy atom. The molecule has 21 heavy (non-hydrogen) atoms. The molecule has 1 fully saturated rings. The molecular formula is C17H24N2O2. The quantitative estimate of drug-likeness (QED) is 0.808. The van der Waals surface area contributed by atoms with Gasteiger partial charge >= 0.3 is 0 Å². The number of benzene rings is 1. The van der Waals surface area contributed by atoms with Crippen LogP contribution in [-0.2, 0) is 16.0 Å². The summed E-state index contributed by atoms with van der Waals surface area (Å²) in [6.45, 7) is 6.95. The normalized spacial score (nSPS) is 32.0. The number of carbonyl (C=O) groups is 1. The van der Waals surface area contributed by atoms with E-state index in [-0.39, 0.29) is 30.0 Å². The molecule has 4 unspecified atom stereocenters. The average Bonchev–Trinajstić information content (AvgIpc) is 2.71. The van der Waals surface area contributed by atoms with E-state index in [1.54, 1.807) is 0 Å². The van der Waals surface area contributed by atoms with Crippen LogP contribution in [0.4, 0.5) is 11.4 Å². The number of hydrogen-bond donors (Lipinski definition) is 1. The Bertz CT molecular complexity index is 558. The molecule has 0 saturated carbocycles. The molecule has 2 heterocycles. The van der Waals surface area contributed by atoms with Crippen molar-refractivity contribution in [3.05, 3.63) is 23.8 Å². The first kappa shape index (κ1) is 14.4. The molecule has 1 saturated heterocycles. The fourth-order valence-corrected chi connectivity index (χ4v) is 3.69. The molecule has 2 aliphatic rings. The number of amides is 1. The number of nitrogens with two attached hydrogens (primary N) is 1. The largest absolute Gasteiger partial charge is 0.399 e. The predicted octanol–water partition coefficient (Wildman–Crippen LogP) is 2.61. The van der Waals surface area contributed by atoms with E-state index in [2.05, 4.69) is 13.8 Å². The molecule has 1 aromatic rings. The number of anilines is 2. The summed E-state index contributed by atoms with van der Waals surface area (Å²) >= 11 is 0. The van der Waals surface area contributed by atoms with Gasteiger partial charge in [-0.15, -0.1) is 0 Å². The number of nitrogens with zero attached hydrogens (tertiary/aromatic N) is 1. The highest BCUT2D eigenvalue weighted by Gasteiger charge is 2.44. The van der Waals surface area contributed by atoms with Gasteiger partial charge in [-0.05, 0) is 50.3 Å². The van der Waals surface area contributed by atoms with E-state index < -0.39 is 0 Å². The zero-order valence-corrected chi connectivity index (χ0v) is 13.0. The third-order valence-electron chi connectivity index (χ3n) is 5.02. The van der Waals surface area contributed by atoms with Gasteiger partial charge in [-0.25, -0.2) is 0 Å². The third-order valence-corrected chi connectivity index (χ3v) is 5.02. The molecule has 0 aromatic heterocycles. The lowest BCUT2D eigenvalue weighted by Crippen LogP contribution is -2.43. The first-order valence-electron chi connectivity index (χ1n) is 7.84. The van der Waals surface area contributed by atoms with Crippen LogP contribution in [0.3, 0.4) is 0 Å². The second-order valence-corrected chi connectivity index (χ2v) is 6.41. The van der Waals surface area contributed by atoms with Crippen molar-refractivity contribution in [3.63, 3.8) is 0 Å². The van der Waals surface area contributed by atoms with Crippen LogP contribution in [0.5, 0.6) is 0 Å². The monoisotopic (exact) mass is 288 g/mol. The van der Waals surface area contributed by atoms with Gasteiger partial charge in [0.05, 0.1) is 18.1 Å². The number of rotatable bonds is 1. The average molecular weight is 288 g/mol. The summed E-state index contributed by atoms with van der Waals surface area (Å²) in [7, 11) is 0. The molecule has 4 atom stereocenters. The second kappa shape index (κ2) is 5.34. The number of ether oxygens (including phenoxy) is 1. The second-order valence-electron chi connectivity index (χ2n) is 6.41. The van der Waals surface area contributed by atoms with Gasteiger partial charge in [0.1, 0.15) is 0 Å². The van der Waals surface area contributed by atoms with E-state index in [1.165, 1.54) is 5.56 Å². The van der Waals surface area contributed by atoms with Crippen molar-refractivity contribution in [2.75, 3.05) is 17.2 Å². The Hall–Kier alpha value is -1.55. The van der Waals surface area contributed by atoms with Gasteiger partial charge in [0.15, 0.2) is 0 Å². The van der Waals surface area contributed by atoms with Crippen LogP contribution < -0.4 is 10.6 Å². The van der Waals surface area contributed by atoms with Gasteiger partial charge in [0.25, 0.3) is 0 Å². The van der Waals surface area contributed by atoms with Crippen LogP contribution >= 0.6 is 0 Å². The van der Waals surface area contributed by atoms with Gasteiger partial charge in [-0.3, -0.25) is 4.79 Å². The van der Waals surface area contributed by atoms with Crippen LogP contribution in [-0.4, -0.2) is 24.7 Å². The molecule has 0 radical (unpaired) electrons. The maximum Gasteiger partial charge on any atom is 0.233 e. The highest BCUT2D eigenvalue weighted by Crippen LogP contribution is 2.37. The molecule has 1 aromatic carbocycles. The van der Waals surface area contributed by atoms with Crippen LogP contribution in [0.25, 0.3) is 0 Å². The summed E-state index contributed by atoms with van der Waals surface area (Å²) in [6.07, 6.45) is 2.14. The van der Waals surface area contributed by atoms with Gasteiger partial charge < -0.3 is 15.4 Å². The van der Waals surface area contributed by atoms with Crippen molar-refractivity contribution in [1.29, 1.82) is 0 Å². The zero-order chi connectivity index (χ0) is 15.1. The zero-order valence-electron chi connectivity index (χ0n) is 13.0. The number of fused-ring (bicyclic) bond motifs is 1. The van der Waals surface area contributed by atoms with Crippen LogP contribution in [0.15, 0.2) is 18.2 Å². The minimum atomic E-state index is -0.0626. The summed E-state index contributed by atoms with van der Waals surface area (Å²) < 4.78 is 5.84. The first-order chi connectivity index (χ1) is 9.99. The van der Waals surface area contributed by atoms with Crippen molar-refractivity contribution in [1.82, 2.24) is 0 Å². The van der Waals surface area contributed by atoms with Crippen LogP contribution in [0, 0.1) is 11.8 Å². The fraction of sp³-hybridized carbons (Fsp3) is 0.588. The predicted molar refractivity (Wildman–Crippen MR) is 84.2 cm³/mol.